The number of rotatable bonds is 7. The molecule has 0 radical (unpaired) electrons. The number of allylic oxidation sites excluding steroid dienone is 1. The van der Waals surface area contributed by atoms with E-state index in [9.17, 15) is 0 Å². The van der Waals surface area contributed by atoms with Crippen LogP contribution in [-0.2, 0) is 6.42 Å². The normalized spacial score (nSPS) is 11.8. The quantitative estimate of drug-likeness (QED) is 0.775. The monoisotopic (exact) mass is 285 g/mol. The topological polar surface area (TPSA) is 64.9 Å². The van der Waals surface area contributed by atoms with E-state index >= 15 is 0 Å². The standard InChI is InChI=1S/C17H23N3O/c1-3-5-6-8-16-19-17(20-21-16)14-11-9-13(10-12-14)15(18)7-4-2/h7,9-12H,3-6,8,18H2,1-2H3/b15-7-. The van der Waals surface area contributed by atoms with Crippen molar-refractivity contribution < 1.29 is 4.52 Å². The van der Waals surface area contributed by atoms with Crippen LogP contribution in [0.3, 0.4) is 0 Å². The zero-order chi connectivity index (χ0) is 15.1. The Bertz CT molecular complexity index is 584. The highest BCUT2D eigenvalue weighted by Gasteiger charge is 2.08. The molecule has 0 atom stereocenters. The average Bonchev–Trinajstić information content (AvgIpc) is 2.97. The minimum atomic E-state index is 0.645. The van der Waals surface area contributed by atoms with Gasteiger partial charge in [0.1, 0.15) is 0 Å². The number of hydrogen-bond donors (Lipinski definition) is 1. The molecule has 1 aromatic carbocycles. The fraction of sp³-hybridized carbons (Fsp3) is 0.412. The summed E-state index contributed by atoms with van der Waals surface area (Å²) in [5, 5.41) is 4.04. The summed E-state index contributed by atoms with van der Waals surface area (Å²) in [5.41, 5.74) is 8.75. The van der Waals surface area contributed by atoms with Crippen molar-refractivity contribution in [1.82, 2.24) is 10.1 Å². The van der Waals surface area contributed by atoms with E-state index in [0.717, 1.165) is 36.1 Å². The molecule has 4 heteroatoms. The molecule has 4 nitrogen and oxygen atoms in total. The van der Waals surface area contributed by atoms with Gasteiger partial charge in [0.25, 0.3) is 0 Å². The van der Waals surface area contributed by atoms with E-state index in [2.05, 4.69) is 24.0 Å². The van der Waals surface area contributed by atoms with Crippen molar-refractivity contribution in [2.45, 2.75) is 46.0 Å². The van der Waals surface area contributed by atoms with Crippen LogP contribution in [0, 0.1) is 0 Å². The Morgan fingerprint density at radius 2 is 1.95 bits per heavy atom. The highest BCUT2D eigenvalue weighted by Crippen LogP contribution is 2.19. The smallest absolute Gasteiger partial charge is 0.226 e. The SMILES string of the molecule is CC/C=C(\N)c1ccc(-c2noc(CCCCC)n2)cc1. The molecule has 0 bridgehead atoms. The first-order valence-electron chi connectivity index (χ1n) is 7.63. The summed E-state index contributed by atoms with van der Waals surface area (Å²) in [6.45, 7) is 4.25. The van der Waals surface area contributed by atoms with E-state index in [0.29, 0.717) is 11.7 Å². The maximum Gasteiger partial charge on any atom is 0.226 e. The Morgan fingerprint density at radius 3 is 2.62 bits per heavy atom. The zero-order valence-electron chi connectivity index (χ0n) is 12.8. The molecular formula is C17H23N3O. The van der Waals surface area contributed by atoms with Crippen molar-refractivity contribution in [2.75, 3.05) is 0 Å². The minimum absolute atomic E-state index is 0.645. The second-order valence-electron chi connectivity index (χ2n) is 5.11. The maximum atomic E-state index is 5.98. The molecule has 0 saturated carbocycles. The molecule has 1 heterocycles. The minimum Gasteiger partial charge on any atom is -0.399 e. The second-order valence-corrected chi connectivity index (χ2v) is 5.11. The summed E-state index contributed by atoms with van der Waals surface area (Å²) in [4.78, 5) is 4.44. The molecule has 1 aromatic heterocycles. The summed E-state index contributed by atoms with van der Waals surface area (Å²) in [5.74, 6) is 1.36. The number of aryl methyl sites for hydroxylation is 1. The van der Waals surface area contributed by atoms with Crippen LogP contribution < -0.4 is 5.73 Å². The van der Waals surface area contributed by atoms with E-state index in [1.807, 2.05) is 30.3 Å². The van der Waals surface area contributed by atoms with Crippen LogP contribution in [0.4, 0.5) is 0 Å². The average molecular weight is 285 g/mol. The Hall–Kier alpha value is -2.10. The first-order chi connectivity index (χ1) is 10.2. The van der Waals surface area contributed by atoms with Crippen LogP contribution in [-0.4, -0.2) is 10.1 Å². The number of aromatic nitrogens is 2. The van der Waals surface area contributed by atoms with Gasteiger partial charge in [0, 0.05) is 17.7 Å². The Kier molecular flexibility index (Phi) is 5.55. The van der Waals surface area contributed by atoms with Gasteiger partial charge in [-0.05, 0) is 18.4 Å². The van der Waals surface area contributed by atoms with Gasteiger partial charge in [-0.1, -0.05) is 62.2 Å². The van der Waals surface area contributed by atoms with E-state index in [1.165, 1.54) is 12.8 Å². The molecule has 2 N–H and O–H groups in total. The third-order valence-corrected chi connectivity index (χ3v) is 3.36. The first-order valence-corrected chi connectivity index (χ1v) is 7.63. The van der Waals surface area contributed by atoms with Gasteiger partial charge in [0.05, 0.1) is 0 Å². The molecule has 21 heavy (non-hydrogen) atoms. The van der Waals surface area contributed by atoms with E-state index in [-0.39, 0.29) is 0 Å². The molecule has 0 aliphatic carbocycles. The molecule has 0 spiro atoms. The number of unbranched alkanes of at least 4 members (excludes halogenated alkanes) is 2. The molecule has 0 saturated heterocycles. The number of nitrogens with two attached hydrogens (primary N) is 1. The maximum absolute atomic E-state index is 5.98. The molecule has 112 valence electrons. The molecule has 2 aromatic rings. The van der Waals surface area contributed by atoms with Gasteiger partial charge >= 0.3 is 0 Å². The summed E-state index contributed by atoms with van der Waals surface area (Å²) in [7, 11) is 0. The lowest BCUT2D eigenvalue weighted by atomic mass is 10.1. The summed E-state index contributed by atoms with van der Waals surface area (Å²) in [6, 6.07) is 7.94. The predicted molar refractivity (Wildman–Crippen MR) is 85.4 cm³/mol. The Morgan fingerprint density at radius 1 is 1.19 bits per heavy atom. The fourth-order valence-corrected chi connectivity index (χ4v) is 2.15. The Balaban J connectivity index is 2.07. The third-order valence-electron chi connectivity index (χ3n) is 3.36. The van der Waals surface area contributed by atoms with Crippen molar-refractivity contribution in [2.24, 2.45) is 5.73 Å². The lowest BCUT2D eigenvalue weighted by Gasteiger charge is -2.02. The van der Waals surface area contributed by atoms with E-state index in [1.54, 1.807) is 0 Å². The molecule has 0 aliphatic rings. The molecule has 0 amide bonds. The van der Waals surface area contributed by atoms with Crippen molar-refractivity contribution in [3.63, 3.8) is 0 Å². The lowest BCUT2D eigenvalue weighted by Crippen LogP contribution is -1.95. The van der Waals surface area contributed by atoms with E-state index in [4.69, 9.17) is 10.3 Å². The van der Waals surface area contributed by atoms with Crippen molar-refractivity contribution >= 4 is 5.70 Å². The molecule has 0 aliphatic heterocycles. The number of hydrogen-bond acceptors (Lipinski definition) is 4. The van der Waals surface area contributed by atoms with Gasteiger partial charge in [-0.25, -0.2) is 0 Å². The number of benzene rings is 1. The van der Waals surface area contributed by atoms with Crippen molar-refractivity contribution in [3.8, 4) is 11.4 Å². The highest BCUT2D eigenvalue weighted by atomic mass is 16.5. The predicted octanol–water partition coefficient (Wildman–Crippen LogP) is 4.18. The summed E-state index contributed by atoms with van der Waals surface area (Å²) < 4.78 is 5.28. The van der Waals surface area contributed by atoms with Gasteiger partial charge in [-0.2, -0.15) is 4.98 Å². The van der Waals surface area contributed by atoms with Crippen LogP contribution in [0.5, 0.6) is 0 Å². The van der Waals surface area contributed by atoms with Gasteiger partial charge in [-0.15, -0.1) is 0 Å². The second kappa shape index (κ2) is 7.62. The van der Waals surface area contributed by atoms with E-state index < -0.39 is 0 Å². The molecule has 2 rings (SSSR count). The first kappa shape index (κ1) is 15.3. The summed E-state index contributed by atoms with van der Waals surface area (Å²) in [6.07, 6.45) is 7.26. The van der Waals surface area contributed by atoms with Crippen LogP contribution in [0.15, 0.2) is 34.9 Å². The van der Waals surface area contributed by atoms with Gasteiger partial charge < -0.3 is 10.3 Å². The van der Waals surface area contributed by atoms with Crippen molar-refractivity contribution in [3.05, 3.63) is 41.8 Å². The van der Waals surface area contributed by atoms with Crippen LogP contribution in [0.2, 0.25) is 0 Å². The zero-order valence-corrected chi connectivity index (χ0v) is 12.8. The molecule has 0 unspecified atom stereocenters. The summed E-state index contributed by atoms with van der Waals surface area (Å²) >= 11 is 0. The fourth-order valence-electron chi connectivity index (χ4n) is 2.15. The van der Waals surface area contributed by atoms with Crippen LogP contribution in [0.25, 0.3) is 17.1 Å². The lowest BCUT2D eigenvalue weighted by molar-refractivity contribution is 0.374. The third kappa shape index (κ3) is 4.18. The molecule has 0 fully saturated rings. The Labute approximate surface area is 126 Å². The molecular weight excluding hydrogens is 262 g/mol. The van der Waals surface area contributed by atoms with Crippen LogP contribution in [0.1, 0.15) is 51.0 Å². The number of nitrogens with zero attached hydrogens (tertiary/aromatic N) is 2. The van der Waals surface area contributed by atoms with Gasteiger partial charge in [0.2, 0.25) is 11.7 Å². The largest absolute Gasteiger partial charge is 0.399 e. The van der Waals surface area contributed by atoms with Crippen molar-refractivity contribution in [1.29, 1.82) is 0 Å². The van der Waals surface area contributed by atoms with Gasteiger partial charge in [0.15, 0.2) is 0 Å². The van der Waals surface area contributed by atoms with Crippen LogP contribution >= 0.6 is 0 Å². The van der Waals surface area contributed by atoms with Gasteiger partial charge in [-0.3, -0.25) is 0 Å². The highest BCUT2D eigenvalue weighted by molar-refractivity contribution is 5.66.